The summed E-state index contributed by atoms with van der Waals surface area (Å²) < 4.78 is 7.90. The smallest absolute Gasteiger partial charge is 0.357 e. The van der Waals surface area contributed by atoms with Crippen LogP contribution in [0.4, 0.5) is 0 Å². The topological polar surface area (TPSA) is 63.1 Å². The number of carbonyl (C=O) groups is 1. The molecule has 0 amide bonds. The molecule has 0 saturated heterocycles. The summed E-state index contributed by atoms with van der Waals surface area (Å²) >= 11 is 0.942. The molecule has 17 heavy (non-hydrogen) atoms. The first kappa shape index (κ1) is 10.4. The maximum Gasteiger partial charge on any atom is 0.357 e. The van der Waals surface area contributed by atoms with Crippen LogP contribution in [-0.4, -0.2) is 19.8 Å². The summed E-state index contributed by atoms with van der Waals surface area (Å²) in [6.07, 6.45) is 3.37. The molecule has 1 aliphatic carbocycles. The largest absolute Gasteiger partial charge is 0.476 e. The molecule has 4 nitrogen and oxygen atoms in total. The number of fused-ring (bicyclic) bond motifs is 1. The van der Waals surface area contributed by atoms with Crippen LogP contribution in [0.2, 0.25) is 0 Å². The minimum absolute atomic E-state index is 0.0490. The van der Waals surface area contributed by atoms with Gasteiger partial charge in [-0.2, -0.15) is 8.75 Å². The number of aromatic carboxylic acids is 1. The number of carboxylic acid groups (broad SMARTS) is 1. The molecular weight excluding hydrogens is 236 g/mol. The zero-order valence-corrected chi connectivity index (χ0v) is 9.83. The van der Waals surface area contributed by atoms with E-state index in [1.165, 1.54) is 17.5 Å². The molecule has 1 aromatic heterocycles. The second-order valence-electron chi connectivity index (χ2n) is 4.10. The van der Waals surface area contributed by atoms with E-state index in [0.29, 0.717) is 5.69 Å². The van der Waals surface area contributed by atoms with E-state index in [1.807, 2.05) is 12.1 Å². The van der Waals surface area contributed by atoms with Crippen molar-refractivity contribution in [3.8, 4) is 11.3 Å². The van der Waals surface area contributed by atoms with Crippen molar-refractivity contribution < 1.29 is 9.90 Å². The van der Waals surface area contributed by atoms with Gasteiger partial charge in [0.25, 0.3) is 0 Å². The number of hydrogen-bond donors (Lipinski definition) is 1. The highest BCUT2D eigenvalue weighted by Crippen LogP contribution is 2.28. The molecule has 0 unspecified atom stereocenters. The molecule has 1 heterocycles. The predicted molar refractivity (Wildman–Crippen MR) is 64.3 cm³/mol. The van der Waals surface area contributed by atoms with Crippen molar-refractivity contribution in [3.63, 3.8) is 0 Å². The Labute approximate surface area is 102 Å². The van der Waals surface area contributed by atoms with Gasteiger partial charge in [0, 0.05) is 5.56 Å². The van der Waals surface area contributed by atoms with E-state index in [4.69, 9.17) is 5.11 Å². The first-order chi connectivity index (χ1) is 8.25. The molecule has 1 aliphatic rings. The van der Waals surface area contributed by atoms with Crippen LogP contribution in [0.15, 0.2) is 18.2 Å². The van der Waals surface area contributed by atoms with Gasteiger partial charge in [0.1, 0.15) is 5.69 Å². The Balaban J connectivity index is 2.09. The third kappa shape index (κ3) is 1.72. The summed E-state index contributed by atoms with van der Waals surface area (Å²) in [7, 11) is 0. The molecule has 2 aromatic rings. The van der Waals surface area contributed by atoms with Crippen molar-refractivity contribution in [1.29, 1.82) is 0 Å². The molecule has 1 aromatic carbocycles. The number of nitrogens with zero attached hydrogens (tertiary/aromatic N) is 2. The highest BCUT2D eigenvalue weighted by atomic mass is 32.1. The van der Waals surface area contributed by atoms with Gasteiger partial charge < -0.3 is 5.11 Å². The molecule has 0 radical (unpaired) electrons. The maximum absolute atomic E-state index is 11.0. The average Bonchev–Trinajstić information content (AvgIpc) is 2.96. The van der Waals surface area contributed by atoms with Crippen LogP contribution in [0.25, 0.3) is 11.3 Å². The van der Waals surface area contributed by atoms with Gasteiger partial charge in [0.2, 0.25) is 0 Å². The lowest BCUT2D eigenvalue weighted by Crippen LogP contribution is -1.99. The second kappa shape index (κ2) is 3.92. The fourth-order valence-electron chi connectivity index (χ4n) is 2.24. The third-order valence-electron chi connectivity index (χ3n) is 3.06. The van der Waals surface area contributed by atoms with Gasteiger partial charge in [0.15, 0.2) is 5.69 Å². The van der Waals surface area contributed by atoms with Crippen molar-refractivity contribution in [3.05, 3.63) is 35.0 Å². The van der Waals surface area contributed by atoms with Crippen LogP contribution in [0.1, 0.15) is 28.0 Å². The van der Waals surface area contributed by atoms with Gasteiger partial charge in [-0.15, -0.1) is 0 Å². The summed E-state index contributed by atoms with van der Waals surface area (Å²) in [6.45, 7) is 0. The lowest BCUT2D eigenvalue weighted by Gasteiger charge is -2.02. The summed E-state index contributed by atoms with van der Waals surface area (Å²) in [5.74, 6) is -1.02. The van der Waals surface area contributed by atoms with Crippen molar-refractivity contribution in [2.24, 2.45) is 0 Å². The molecule has 0 saturated carbocycles. The van der Waals surface area contributed by atoms with Gasteiger partial charge >= 0.3 is 5.97 Å². The minimum Gasteiger partial charge on any atom is -0.476 e. The summed E-state index contributed by atoms with van der Waals surface area (Å²) in [5, 5.41) is 9.01. The Hall–Kier alpha value is -1.75. The van der Waals surface area contributed by atoms with Crippen molar-refractivity contribution in [2.75, 3.05) is 0 Å². The number of aryl methyl sites for hydroxylation is 2. The van der Waals surface area contributed by atoms with E-state index in [2.05, 4.69) is 14.8 Å². The van der Waals surface area contributed by atoms with Gasteiger partial charge in [0.05, 0.1) is 11.7 Å². The fraction of sp³-hybridized carbons (Fsp3) is 0.250. The Morgan fingerprint density at radius 1 is 1.24 bits per heavy atom. The third-order valence-corrected chi connectivity index (χ3v) is 3.59. The molecule has 5 heteroatoms. The molecule has 86 valence electrons. The molecule has 0 atom stereocenters. The molecule has 0 spiro atoms. The van der Waals surface area contributed by atoms with Crippen LogP contribution in [0.5, 0.6) is 0 Å². The molecule has 1 N–H and O–H groups in total. The average molecular weight is 246 g/mol. The van der Waals surface area contributed by atoms with E-state index in [9.17, 15) is 4.79 Å². The number of aromatic nitrogens is 2. The SMILES string of the molecule is O=C(O)c1nsnc1-c1ccc2c(c1)CCC2. The molecule has 0 bridgehead atoms. The molecule has 0 aliphatic heterocycles. The van der Waals surface area contributed by atoms with Crippen molar-refractivity contribution >= 4 is 17.7 Å². The van der Waals surface area contributed by atoms with E-state index in [1.54, 1.807) is 0 Å². The molecule has 0 fully saturated rings. The van der Waals surface area contributed by atoms with Crippen LogP contribution in [0.3, 0.4) is 0 Å². The lowest BCUT2D eigenvalue weighted by atomic mass is 10.0. The van der Waals surface area contributed by atoms with E-state index in [0.717, 1.165) is 30.1 Å². The fourth-order valence-corrected chi connectivity index (χ4v) is 2.80. The van der Waals surface area contributed by atoms with Crippen LogP contribution in [-0.2, 0) is 12.8 Å². The first-order valence-corrected chi connectivity index (χ1v) is 6.17. The van der Waals surface area contributed by atoms with Gasteiger partial charge in [-0.05, 0) is 36.5 Å². The van der Waals surface area contributed by atoms with Crippen molar-refractivity contribution in [1.82, 2.24) is 8.75 Å². The number of hydrogen-bond acceptors (Lipinski definition) is 4. The van der Waals surface area contributed by atoms with Crippen molar-refractivity contribution in [2.45, 2.75) is 19.3 Å². The quantitative estimate of drug-likeness (QED) is 0.883. The highest BCUT2D eigenvalue weighted by molar-refractivity contribution is 6.99. The van der Waals surface area contributed by atoms with Crippen LogP contribution < -0.4 is 0 Å². The van der Waals surface area contributed by atoms with Gasteiger partial charge in [-0.25, -0.2) is 4.79 Å². The van der Waals surface area contributed by atoms with Crippen LogP contribution >= 0.6 is 11.7 Å². The summed E-state index contributed by atoms with van der Waals surface area (Å²) in [5.41, 5.74) is 4.07. The monoisotopic (exact) mass is 246 g/mol. The summed E-state index contributed by atoms with van der Waals surface area (Å²) in [4.78, 5) is 11.0. The van der Waals surface area contributed by atoms with Gasteiger partial charge in [-0.1, -0.05) is 12.1 Å². The maximum atomic E-state index is 11.0. The Kier molecular flexibility index (Phi) is 2.40. The Morgan fingerprint density at radius 2 is 2.06 bits per heavy atom. The number of benzene rings is 1. The number of rotatable bonds is 2. The highest BCUT2D eigenvalue weighted by Gasteiger charge is 2.19. The standard InChI is InChI=1S/C12H10N2O2S/c15-12(16)11-10(13-17-14-11)9-5-4-7-2-1-3-8(7)6-9/h4-6H,1-3H2,(H,15,16). The normalized spacial score (nSPS) is 13.6. The molecule has 3 rings (SSSR count). The zero-order valence-electron chi connectivity index (χ0n) is 9.01. The summed E-state index contributed by atoms with van der Waals surface area (Å²) in [6, 6.07) is 6.06. The predicted octanol–water partition coefficient (Wildman–Crippen LogP) is 2.39. The van der Waals surface area contributed by atoms with Gasteiger partial charge in [-0.3, -0.25) is 0 Å². The second-order valence-corrected chi connectivity index (χ2v) is 4.63. The van der Waals surface area contributed by atoms with E-state index >= 15 is 0 Å². The van der Waals surface area contributed by atoms with E-state index < -0.39 is 5.97 Å². The van der Waals surface area contributed by atoms with Crippen LogP contribution in [0, 0.1) is 0 Å². The Bertz CT molecular complexity index is 592. The minimum atomic E-state index is -1.02. The molecular formula is C12H10N2O2S. The first-order valence-electron chi connectivity index (χ1n) is 5.44. The number of carboxylic acids is 1. The Morgan fingerprint density at radius 3 is 2.88 bits per heavy atom. The zero-order chi connectivity index (χ0) is 11.8. The lowest BCUT2D eigenvalue weighted by molar-refractivity contribution is 0.0692. The van der Waals surface area contributed by atoms with E-state index in [-0.39, 0.29) is 5.69 Å².